The van der Waals surface area contributed by atoms with E-state index in [2.05, 4.69) is 5.32 Å². The Morgan fingerprint density at radius 2 is 1.85 bits per heavy atom. The number of ether oxygens (including phenoxy) is 1. The monoisotopic (exact) mass is 279 g/mol. The van der Waals surface area contributed by atoms with Crippen molar-refractivity contribution >= 4 is 17.8 Å². The highest BCUT2D eigenvalue weighted by Gasteiger charge is 2.21. The van der Waals surface area contributed by atoms with Gasteiger partial charge in [0.15, 0.2) is 6.04 Å². The van der Waals surface area contributed by atoms with Gasteiger partial charge in [0.2, 0.25) is 5.91 Å². The Hall–Kier alpha value is -2.37. The zero-order chi connectivity index (χ0) is 15.0. The van der Waals surface area contributed by atoms with Crippen molar-refractivity contribution in [2.24, 2.45) is 0 Å². The summed E-state index contributed by atoms with van der Waals surface area (Å²) in [5.74, 6) is -2.13. The molecule has 0 aromatic heterocycles. The van der Waals surface area contributed by atoms with Crippen LogP contribution in [-0.2, 0) is 19.1 Å². The molecule has 0 spiro atoms. The Morgan fingerprint density at radius 3 is 2.40 bits per heavy atom. The molecule has 1 aromatic carbocycles. The van der Waals surface area contributed by atoms with Crippen LogP contribution in [-0.4, -0.2) is 29.6 Å². The molecule has 1 rings (SSSR count). The van der Waals surface area contributed by atoms with Gasteiger partial charge in [-0.2, -0.15) is 0 Å². The summed E-state index contributed by atoms with van der Waals surface area (Å²) < 4.78 is 4.69. The average molecular weight is 279 g/mol. The summed E-state index contributed by atoms with van der Waals surface area (Å²) in [6, 6.07) is 7.25. The number of benzene rings is 1. The molecule has 0 saturated carbocycles. The van der Waals surface area contributed by atoms with E-state index >= 15 is 0 Å². The molecule has 0 saturated heterocycles. The molecule has 0 fully saturated rings. The molecular formula is C14H17NO5. The first-order valence-electron chi connectivity index (χ1n) is 6.27. The first-order valence-corrected chi connectivity index (χ1v) is 6.27. The number of hydrogen-bond donors (Lipinski definition) is 2. The van der Waals surface area contributed by atoms with Crippen LogP contribution in [0, 0.1) is 0 Å². The highest BCUT2D eigenvalue weighted by atomic mass is 16.5. The molecule has 108 valence electrons. The van der Waals surface area contributed by atoms with Gasteiger partial charge in [0.05, 0.1) is 13.0 Å². The fraction of sp³-hybridized carbons (Fsp3) is 0.357. The molecule has 0 aliphatic carbocycles. The van der Waals surface area contributed by atoms with E-state index in [1.807, 2.05) is 0 Å². The lowest BCUT2D eigenvalue weighted by atomic mass is 10.1. The summed E-state index contributed by atoms with van der Waals surface area (Å²) >= 11 is 0. The topological polar surface area (TPSA) is 92.7 Å². The van der Waals surface area contributed by atoms with Gasteiger partial charge in [0.1, 0.15) is 0 Å². The van der Waals surface area contributed by atoms with Crippen molar-refractivity contribution in [2.45, 2.75) is 25.8 Å². The Morgan fingerprint density at radius 1 is 1.20 bits per heavy atom. The second kappa shape index (κ2) is 7.93. The summed E-state index contributed by atoms with van der Waals surface area (Å²) in [4.78, 5) is 33.9. The van der Waals surface area contributed by atoms with Gasteiger partial charge in [-0.25, -0.2) is 4.79 Å². The predicted octanol–water partition coefficient (Wildman–Crippen LogP) is 1.27. The third-order valence-corrected chi connectivity index (χ3v) is 2.55. The minimum absolute atomic E-state index is 0.0686. The summed E-state index contributed by atoms with van der Waals surface area (Å²) in [6.45, 7) is 1.93. The van der Waals surface area contributed by atoms with Crippen LogP contribution in [0.15, 0.2) is 30.3 Å². The van der Waals surface area contributed by atoms with Crippen LogP contribution in [0.3, 0.4) is 0 Å². The number of rotatable bonds is 7. The van der Waals surface area contributed by atoms with Crippen molar-refractivity contribution in [1.82, 2.24) is 5.32 Å². The van der Waals surface area contributed by atoms with Crippen molar-refractivity contribution in [3.05, 3.63) is 35.9 Å². The first-order chi connectivity index (χ1) is 9.54. The molecule has 0 radical (unpaired) electrons. The average Bonchev–Trinajstić information content (AvgIpc) is 2.43. The van der Waals surface area contributed by atoms with Crippen molar-refractivity contribution < 1.29 is 24.2 Å². The Labute approximate surface area is 116 Å². The van der Waals surface area contributed by atoms with E-state index in [4.69, 9.17) is 9.84 Å². The largest absolute Gasteiger partial charge is 0.479 e. The number of amides is 1. The first kappa shape index (κ1) is 15.7. The minimum Gasteiger partial charge on any atom is -0.479 e. The van der Waals surface area contributed by atoms with Crippen LogP contribution in [0.2, 0.25) is 0 Å². The van der Waals surface area contributed by atoms with Crippen LogP contribution in [0.25, 0.3) is 0 Å². The van der Waals surface area contributed by atoms with Crippen molar-refractivity contribution in [3.63, 3.8) is 0 Å². The van der Waals surface area contributed by atoms with Gasteiger partial charge in [-0.15, -0.1) is 0 Å². The molecule has 6 nitrogen and oxygen atoms in total. The van der Waals surface area contributed by atoms with Crippen LogP contribution in [0.5, 0.6) is 0 Å². The van der Waals surface area contributed by atoms with Crippen LogP contribution < -0.4 is 5.32 Å². The number of aliphatic carboxylic acids is 1. The predicted molar refractivity (Wildman–Crippen MR) is 70.8 cm³/mol. The maximum Gasteiger partial charge on any atom is 0.330 e. The van der Waals surface area contributed by atoms with Gasteiger partial charge >= 0.3 is 11.9 Å². The van der Waals surface area contributed by atoms with Crippen LogP contribution >= 0.6 is 0 Å². The van der Waals surface area contributed by atoms with Crippen molar-refractivity contribution in [2.75, 3.05) is 6.61 Å². The van der Waals surface area contributed by atoms with Crippen molar-refractivity contribution in [3.8, 4) is 0 Å². The van der Waals surface area contributed by atoms with Gasteiger partial charge in [0, 0.05) is 6.42 Å². The molecule has 0 aliphatic heterocycles. The SMILES string of the molecule is CCOC(=O)CCC(=O)N[C@@H](C(=O)O)c1ccccc1. The third-order valence-electron chi connectivity index (χ3n) is 2.55. The van der Waals surface area contributed by atoms with Gasteiger partial charge in [-0.3, -0.25) is 9.59 Å². The number of carboxylic acids is 1. The smallest absolute Gasteiger partial charge is 0.330 e. The molecule has 1 aromatic rings. The summed E-state index contributed by atoms with van der Waals surface area (Å²) in [5, 5.41) is 11.5. The van der Waals surface area contributed by atoms with Crippen LogP contribution in [0.1, 0.15) is 31.4 Å². The molecule has 0 unspecified atom stereocenters. The van der Waals surface area contributed by atoms with E-state index in [0.29, 0.717) is 5.56 Å². The van der Waals surface area contributed by atoms with E-state index < -0.39 is 23.9 Å². The lowest BCUT2D eigenvalue weighted by Crippen LogP contribution is -2.33. The van der Waals surface area contributed by atoms with Gasteiger partial charge in [-0.05, 0) is 12.5 Å². The van der Waals surface area contributed by atoms with E-state index in [1.165, 1.54) is 0 Å². The molecule has 6 heteroatoms. The lowest BCUT2D eigenvalue weighted by molar-refractivity contribution is -0.145. The number of carbonyl (C=O) groups is 3. The Balaban J connectivity index is 2.57. The zero-order valence-electron chi connectivity index (χ0n) is 11.2. The minimum atomic E-state index is -1.15. The molecule has 0 aliphatic rings. The summed E-state index contributed by atoms with van der Waals surface area (Å²) in [6.07, 6.45) is -0.170. The normalized spacial score (nSPS) is 11.4. The van der Waals surface area contributed by atoms with Gasteiger partial charge in [0.25, 0.3) is 0 Å². The fourth-order valence-corrected chi connectivity index (χ4v) is 1.62. The maximum absolute atomic E-state index is 11.7. The Bertz CT molecular complexity index is 472. The lowest BCUT2D eigenvalue weighted by Gasteiger charge is -2.14. The molecule has 1 atom stereocenters. The van der Waals surface area contributed by atoms with Crippen molar-refractivity contribution in [1.29, 1.82) is 0 Å². The standard InChI is InChI=1S/C14H17NO5/c1-2-20-12(17)9-8-11(16)15-13(14(18)19)10-6-4-3-5-7-10/h3-7,13H,2,8-9H2,1H3,(H,15,16)(H,18,19)/t13-/m1/s1. The highest BCUT2D eigenvalue weighted by molar-refractivity contribution is 5.86. The van der Waals surface area contributed by atoms with E-state index in [9.17, 15) is 14.4 Å². The van der Waals surface area contributed by atoms with E-state index in [-0.39, 0.29) is 19.4 Å². The number of esters is 1. The summed E-state index contributed by atoms with van der Waals surface area (Å²) in [5.41, 5.74) is 0.476. The van der Waals surface area contributed by atoms with Crippen LogP contribution in [0.4, 0.5) is 0 Å². The van der Waals surface area contributed by atoms with E-state index in [1.54, 1.807) is 37.3 Å². The molecule has 1 amide bonds. The quantitative estimate of drug-likeness (QED) is 0.733. The molecule has 2 N–H and O–H groups in total. The molecule has 0 heterocycles. The zero-order valence-corrected chi connectivity index (χ0v) is 11.2. The second-order valence-electron chi connectivity index (χ2n) is 4.05. The number of carbonyl (C=O) groups excluding carboxylic acids is 2. The Kier molecular flexibility index (Phi) is 6.22. The third kappa shape index (κ3) is 5.09. The van der Waals surface area contributed by atoms with Gasteiger partial charge < -0.3 is 15.2 Å². The highest BCUT2D eigenvalue weighted by Crippen LogP contribution is 2.13. The molecule has 0 bridgehead atoms. The maximum atomic E-state index is 11.7. The molecular weight excluding hydrogens is 262 g/mol. The number of hydrogen-bond acceptors (Lipinski definition) is 4. The number of carboxylic acid groups (broad SMARTS) is 1. The second-order valence-corrected chi connectivity index (χ2v) is 4.05. The fourth-order valence-electron chi connectivity index (χ4n) is 1.62. The summed E-state index contributed by atoms with van der Waals surface area (Å²) in [7, 11) is 0. The molecule has 20 heavy (non-hydrogen) atoms. The van der Waals surface area contributed by atoms with Gasteiger partial charge in [-0.1, -0.05) is 30.3 Å². The van der Waals surface area contributed by atoms with E-state index in [0.717, 1.165) is 0 Å². The number of nitrogens with one attached hydrogen (secondary N) is 1.